The molecule has 0 saturated carbocycles. The minimum atomic E-state index is -1.16. The quantitative estimate of drug-likeness (QED) is 0.309. The Morgan fingerprint density at radius 2 is 1.62 bits per heavy atom. The van der Waals surface area contributed by atoms with Gasteiger partial charge in [0.25, 0.3) is 0 Å². The highest BCUT2D eigenvalue weighted by molar-refractivity contribution is 5.99. The van der Waals surface area contributed by atoms with Gasteiger partial charge in [-0.1, -0.05) is 34.1 Å². The number of carbonyl (C=O) groups is 6. The van der Waals surface area contributed by atoms with Gasteiger partial charge in [-0.2, -0.15) is 0 Å². The van der Waals surface area contributed by atoms with Gasteiger partial charge in [-0.25, -0.2) is 4.79 Å². The Bertz CT molecular complexity index is 798. The number of carboxylic acids is 1. The van der Waals surface area contributed by atoms with E-state index >= 15 is 0 Å². The topological polar surface area (TPSA) is 162 Å². The van der Waals surface area contributed by atoms with Gasteiger partial charge in [-0.3, -0.25) is 24.0 Å². The van der Waals surface area contributed by atoms with Crippen LogP contribution in [-0.4, -0.2) is 76.6 Å². The standard InChI is InChI=1S/C23H38N4O7/c1-7-13(4)20(26-18(29)11-16-17(28)8-9-19(30)27(16)6)22(32)24-14(5)21(31)25-15(23(33)34)10-12(2)3/h12-16,20H,7-11H2,1-6H3,(H,24,32)(H,25,31)(H,26,29)(H,33,34)/t13-,14-,15-,16?,20-/m0/s1. The minimum absolute atomic E-state index is 0.0432. The van der Waals surface area contributed by atoms with Crippen LogP contribution in [-0.2, 0) is 28.8 Å². The Kier molecular flexibility index (Phi) is 11.1. The molecule has 4 N–H and O–H groups in total. The first-order chi connectivity index (χ1) is 15.8. The van der Waals surface area contributed by atoms with E-state index in [2.05, 4.69) is 16.0 Å². The van der Waals surface area contributed by atoms with Crippen molar-refractivity contribution in [2.24, 2.45) is 11.8 Å². The second-order valence-corrected chi connectivity index (χ2v) is 9.38. The monoisotopic (exact) mass is 482 g/mol. The molecular weight excluding hydrogens is 444 g/mol. The Labute approximate surface area is 200 Å². The number of nitrogens with one attached hydrogen (secondary N) is 3. The van der Waals surface area contributed by atoms with Crippen molar-refractivity contribution in [3.05, 3.63) is 0 Å². The number of carbonyl (C=O) groups excluding carboxylic acids is 5. The lowest BCUT2D eigenvalue weighted by molar-refractivity contribution is -0.145. The number of carboxylic acid groups (broad SMARTS) is 1. The number of ketones is 1. The first-order valence-electron chi connectivity index (χ1n) is 11.7. The molecule has 1 fully saturated rings. The summed E-state index contributed by atoms with van der Waals surface area (Å²) in [4.78, 5) is 74.8. The molecule has 192 valence electrons. The lowest BCUT2D eigenvalue weighted by Gasteiger charge is -2.32. The van der Waals surface area contributed by atoms with Crippen LogP contribution in [0.1, 0.15) is 66.7 Å². The van der Waals surface area contributed by atoms with Crippen LogP contribution < -0.4 is 16.0 Å². The van der Waals surface area contributed by atoms with Crippen LogP contribution in [0.25, 0.3) is 0 Å². The third-order valence-corrected chi connectivity index (χ3v) is 6.08. The zero-order chi connectivity index (χ0) is 26.2. The van der Waals surface area contributed by atoms with Gasteiger partial charge in [0.05, 0.1) is 12.5 Å². The molecule has 1 heterocycles. The summed E-state index contributed by atoms with van der Waals surface area (Å²) in [5.41, 5.74) is 0. The Morgan fingerprint density at radius 1 is 1.00 bits per heavy atom. The molecule has 0 spiro atoms. The fourth-order valence-electron chi connectivity index (χ4n) is 3.68. The predicted octanol–water partition coefficient (Wildman–Crippen LogP) is 0.218. The van der Waals surface area contributed by atoms with E-state index < -0.39 is 47.9 Å². The van der Waals surface area contributed by atoms with Gasteiger partial charge in [0.15, 0.2) is 5.78 Å². The number of piperidine rings is 1. The highest BCUT2D eigenvalue weighted by Crippen LogP contribution is 2.17. The highest BCUT2D eigenvalue weighted by Gasteiger charge is 2.35. The fraction of sp³-hybridized carbons (Fsp3) is 0.739. The van der Waals surface area contributed by atoms with Gasteiger partial charge in [-0.15, -0.1) is 0 Å². The Morgan fingerprint density at radius 3 is 2.15 bits per heavy atom. The maximum absolute atomic E-state index is 12.9. The first kappa shape index (κ1) is 29.1. The molecule has 11 heteroatoms. The van der Waals surface area contributed by atoms with Crippen molar-refractivity contribution in [2.75, 3.05) is 7.05 Å². The van der Waals surface area contributed by atoms with Gasteiger partial charge in [0.1, 0.15) is 18.1 Å². The van der Waals surface area contributed by atoms with E-state index in [-0.39, 0.29) is 49.2 Å². The summed E-state index contributed by atoms with van der Waals surface area (Å²) in [7, 11) is 1.47. The number of hydrogen-bond donors (Lipinski definition) is 4. The third-order valence-electron chi connectivity index (χ3n) is 6.08. The van der Waals surface area contributed by atoms with E-state index in [1.165, 1.54) is 18.9 Å². The maximum Gasteiger partial charge on any atom is 0.326 e. The summed E-state index contributed by atoms with van der Waals surface area (Å²) in [6.45, 7) is 8.70. The largest absolute Gasteiger partial charge is 0.480 e. The number of rotatable bonds is 12. The zero-order valence-electron chi connectivity index (χ0n) is 20.8. The summed E-state index contributed by atoms with van der Waals surface area (Å²) >= 11 is 0. The molecule has 4 amide bonds. The smallest absolute Gasteiger partial charge is 0.326 e. The van der Waals surface area contributed by atoms with E-state index in [0.717, 1.165) is 0 Å². The van der Waals surface area contributed by atoms with E-state index in [1.54, 1.807) is 6.92 Å². The average Bonchev–Trinajstić information content (AvgIpc) is 2.76. The second-order valence-electron chi connectivity index (χ2n) is 9.38. The number of aliphatic carboxylic acids is 1. The summed E-state index contributed by atoms with van der Waals surface area (Å²) in [6, 6.07) is -3.96. The Hall–Kier alpha value is -2.98. The van der Waals surface area contributed by atoms with Crippen LogP contribution >= 0.6 is 0 Å². The number of amides is 4. The molecule has 0 radical (unpaired) electrons. The molecule has 0 bridgehead atoms. The number of nitrogens with zero attached hydrogens (tertiary/aromatic N) is 1. The first-order valence-corrected chi connectivity index (χ1v) is 11.7. The van der Waals surface area contributed by atoms with Gasteiger partial charge < -0.3 is 26.0 Å². The highest BCUT2D eigenvalue weighted by atomic mass is 16.4. The van der Waals surface area contributed by atoms with Crippen LogP contribution in [0.15, 0.2) is 0 Å². The van der Waals surface area contributed by atoms with Gasteiger partial charge >= 0.3 is 5.97 Å². The lowest BCUT2D eigenvalue weighted by Crippen LogP contribution is -2.57. The van der Waals surface area contributed by atoms with Crippen molar-refractivity contribution in [1.82, 2.24) is 20.9 Å². The van der Waals surface area contributed by atoms with Gasteiger partial charge in [-0.05, 0) is 25.2 Å². The summed E-state index contributed by atoms with van der Waals surface area (Å²) < 4.78 is 0. The normalized spacial score (nSPS) is 19.7. The van der Waals surface area contributed by atoms with Crippen molar-refractivity contribution in [3.8, 4) is 0 Å². The van der Waals surface area contributed by atoms with E-state index in [0.29, 0.717) is 6.42 Å². The summed E-state index contributed by atoms with van der Waals surface area (Å²) in [6.07, 6.45) is 0.731. The van der Waals surface area contributed by atoms with Crippen molar-refractivity contribution in [1.29, 1.82) is 0 Å². The van der Waals surface area contributed by atoms with E-state index in [1.807, 2.05) is 20.8 Å². The molecule has 1 unspecified atom stereocenters. The number of Topliss-reactive ketones (excluding diaryl/α,β-unsaturated/α-hetero) is 1. The van der Waals surface area contributed by atoms with Gasteiger partial charge in [0, 0.05) is 19.9 Å². The number of hydrogen-bond acceptors (Lipinski definition) is 6. The summed E-state index contributed by atoms with van der Waals surface area (Å²) in [5, 5.41) is 16.9. The molecule has 1 saturated heterocycles. The van der Waals surface area contributed by atoms with Crippen LogP contribution in [0.2, 0.25) is 0 Å². The van der Waals surface area contributed by atoms with Crippen molar-refractivity contribution in [3.63, 3.8) is 0 Å². The molecular formula is C23H38N4O7. The van der Waals surface area contributed by atoms with Crippen LogP contribution in [0.5, 0.6) is 0 Å². The van der Waals surface area contributed by atoms with Crippen LogP contribution in [0, 0.1) is 11.8 Å². The molecule has 1 aliphatic heterocycles. The number of likely N-dealkylation sites (N-methyl/N-ethyl adjacent to an activating group) is 1. The van der Waals surface area contributed by atoms with Crippen molar-refractivity contribution >= 4 is 35.4 Å². The maximum atomic E-state index is 12.9. The molecule has 34 heavy (non-hydrogen) atoms. The van der Waals surface area contributed by atoms with E-state index in [9.17, 15) is 33.9 Å². The molecule has 1 aliphatic rings. The van der Waals surface area contributed by atoms with Crippen LogP contribution in [0.3, 0.4) is 0 Å². The van der Waals surface area contributed by atoms with E-state index in [4.69, 9.17) is 0 Å². The van der Waals surface area contributed by atoms with Crippen molar-refractivity contribution < 1.29 is 33.9 Å². The fourth-order valence-corrected chi connectivity index (χ4v) is 3.68. The third kappa shape index (κ3) is 8.42. The zero-order valence-corrected chi connectivity index (χ0v) is 20.8. The molecule has 0 aromatic carbocycles. The molecule has 11 nitrogen and oxygen atoms in total. The SMILES string of the molecule is CC[C@H](C)[C@H](NC(=O)CC1C(=O)CCC(=O)N1C)C(=O)N[C@@H](C)C(=O)N[C@@H](CC(C)C)C(=O)O. The lowest BCUT2D eigenvalue weighted by atomic mass is 9.95. The molecule has 1 rings (SSSR count). The predicted molar refractivity (Wildman–Crippen MR) is 123 cm³/mol. The molecule has 0 aromatic heterocycles. The molecule has 0 aliphatic carbocycles. The Balaban J connectivity index is 2.82. The summed E-state index contributed by atoms with van der Waals surface area (Å²) in [5.74, 6) is -3.63. The second kappa shape index (κ2) is 13.0. The van der Waals surface area contributed by atoms with Crippen molar-refractivity contribution in [2.45, 2.75) is 90.9 Å². The molecule has 0 aromatic rings. The molecule has 5 atom stereocenters. The minimum Gasteiger partial charge on any atom is -0.480 e. The van der Waals surface area contributed by atoms with Gasteiger partial charge in [0.2, 0.25) is 23.6 Å². The van der Waals surface area contributed by atoms with Crippen LogP contribution in [0.4, 0.5) is 0 Å². The average molecular weight is 483 g/mol. The number of likely N-dealkylation sites (tertiary alicyclic amines) is 1.